The second-order valence-electron chi connectivity index (χ2n) is 6.71. The maximum absolute atomic E-state index is 12.5. The second kappa shape index (κ2) is 7.56. The molecule has 0 N–H and O–H groups in total. The number of hydrogen-bond donors (Lipinski definition) is 0. The molecule has 0 bridgehead atoms. The largest absolute Gasteiger partial charge is 0.445 e. The summed E-state index contributed by atoms with van der Waals surface area (Å²) in [6, 6.07) is 12.0. The van der Waals surface area contributed by atoms with Crippen LogP contribution < -0.4 is 0 Å². The van der Waals surface area contributed by atoms with E-state index in [0.29, 0.717) is 6.54 Å². The molecule has 1 aliphatic rings. The number of hydrogen-bond acceptors (Lipinski definition) is 4. The van der Waals surface area contributed by atoms with Crippen LogP contribution in [0, 0.1) is 0 Å². The summed E-state index contributed by atoms with van der Waals surface area (Å²) >= 11 is 0. The molecule has 6 nitrogen and oxygen atoms in total. The number of oxazole rings is 1. The van der Waals surface area contributed by atoms with E-state index < -0.39 is 0 Å². The molecule has 0 spiro atoms. The Morgan fingerprint density at radius 1 is 1.23 bits per heavy atom. The summed E-state index contributed by atoms with van der Waals surface area (Å²) < 4.78 is 7.66. The first-order chi connectivity index (χ1) is 12.8. The van der Waals surface area contributed by atoms with Crippen molar-refractivity contribution in [3.05, 3.63) is 72.2 Å². The molecule has 3 aromatic rings. The smallest absolute Gasteiger partial charge is 0.244 e. The van der Waals surface area contributed by atoms with Gasteiger partial charge < -0.3 is 9.32 Å². The third-order valence-electron chi connectivity index (χ3n) is 4.77. The van der Waals surface area contributed by atoms with E-state index in [1.165, 1.54) is 5.56 Å². The summed E-state index contributed by atoms with van der Waals surface area (Å²) in [6.07, 6.45) is 8.01. The fourth-order valence-corrected chi connectivity index (χ4v) is 3.43. The molecule has 134 valence electrons. The van der Waals surface area contributed by atoms with Gasteiger partial charge in [0, 0.05) is 31.9 Å². The lowest BCUT2D eigenvalue weighted by molar-refractivity contribution is -0.133. The highest BCUT2D eigenvalue weighted by molar-refractivity contribution is 5.76. The van der Waals surface area contributed by atoms with Crippen LogP contribution in [0.3, 0.4) is 0 Å². The van der Waals surface area contributed by atoms with Crippen LogP contribution in [0.2, 0.25) is 0 Å². The number of aromatic nitrogens is 3. The summed E-state index contributed by atoms with van der Waals surface area (Å²) in [6.45, 7) is 1.73. The highest BCUT2D eigenvalue weighted by atomic mass is 16.4. The normalized spacial score (nSPS) is 17.4. The van der Waals surface area contributed by atoms with Crippen molar-refractivity contribution in [2.24, 2.45) is 0 Å². The maximum atomic E-state index is 12.5. The number of piperidine rings is 1. The van der Waals surface area contributed by atoms with Crippen LogP contribution in [-0.2, 0) is 17.8 Å². The predicted molar refractivity (Wildman–Crippen MR) is 96.5 cm³/mol. The van der Waals surface area contributed by atoms with Gasteiger partial charge in [0.2, 0.25) is 5.91 Å². The first kappa shape index (κ1) is 16.6. The first-order valence-electron chi connectivity index (χ1n) is 9.01. The molecule has 6 heteroatoms. The van der Waals surface area contributed by atoms with Crippen LogP contribution in [0.25, 0.3) is 0 Å². The standard InChI is InChI=1S/C20H22N4O2/c25-19(15-24-11-5-9-22-24)23-10-4-8-17(14-23)20-21-13-18(26-20)12-16-6-2-1-3-7-16/h1-3,5-7,9,11,13,17H,4,8,10,12,14-15H2/t17-/m0/s1. The van der Waals surface area contributed by atoms with Gasteiger partial charge in [-0.25, -0.2) is 4.98 Å². The molecule has 1 saturated heterocycles. The van der Waals surface area contributed by atoms with Gasteiger partial charge in [-0.05, 0) is 24.5 Å². The van der Waals surface area contributed by atoms with Crippen molar-refractivity contribution >= 4 is 5.91 Å². The second-order valence-corrected chi connectivity index (χ2v) is 6.71. The highest BCUT2D eigenvalue weighted by Gasteiger charge is 2.28. The van der Waals surface area contributed by atoms with Crippen molar-refractivity contribution in [1.82, 2.24) is 19.7 Å². The lowest BCUT2D eigenvalue weighted by Gasteiger charge is -2.31. The van der Waals surface area contributed by atoms with E-state index in [9.17, 15) is 4.79 Å². The Morgan fingerprint density at radius 2 is 2.12 bits per heavy atom. The van der Waals surface area contributed by atoms with E-state index in [1.54, 1.807) is 10.9 Å². The molecular weight excluding hydrogens is 328 g/mol. The van der Waals surface area contributed by atoms with Crippen molar-refractivity contribution in [3.8, 4) is 0 Å². The Kier molecular flexibility index (Phi) is 4.82. The topological polar surface area (TPSA) is 64.2 Å². The monoisotopic (exact) mass is 350 g/mol. The number of carbonyl (C=O) groups excluding carboxylic acids is 1. The molecule has 3 heterocycles. The molecule has 1 atom stereocenters. The zero-order valence-electron chi connectivity index (χ0n) is 14.6. The molecule has 0 saturated carbocycles. The molecule has 4 rings (SSSR count). The fraction of sp³-hybridized carbons (Fsp3) is 0.350. The van der Waals surface area contributed by atoms with Crippen molar-refractivity contribution in [1.29, 1.82) is 0 Å². The zero-order valence-corrected chi connectivity index (χ0v) is 14.6. The molecule has 1 amide bonds. The van der Waals surface area contributed by atoms with E-state index in [1.807, 2.05) is 41.6 Å². The van der Waals surface area contributed by atoms with Gasteiger partial charge in [-0.1, -0.05) is 30.3 Å². The van der Waals surface area contributed by atoms with Crippen LogP contribution in [0.1, 0.15) is 36.0 Å². The molecule has 26 heavy (non-hydrogen) atoms. The zero-order chi connectivity index (χ0) is 17.8. The third-order valence-corrected chi connectivity index (χ3v) is 4.77. The van der Waals surface area contributed by atoms with Gasteiger partial charge in [0.25, 0.3) is 0 Å². The molecule has 2 aromatic heterocycles. The average molecular weight is 350 g/mol. The van der Waals surface area contributed by atoms with E-state index in [-0.39, 0.29) is 18.4 Å². The summed E-state index contributed by atoms with van der Waals surface area (Å²) in [5, 5.41) is 4.11. The Morgan fingerprint density at radius 3 is 2.92 bits per heavy atom. The minimum Gasteiger partial charge on any atom is -0.445 e. The van der Waals surface area contributed by atoms with Crippen LogP contribution in [0.15, 0.2) is 59.4 Å². The van der Waals surface area contributed by atoms with Crippen molar-refractivity contribution < 1.29 is 9.21 Å². The van der Waals surface area contributed by atoms with Crippen molar-refractivity contribution in [3.63, 3.8) is 0 Å². The fourth-order valence-electron chi connectivity index (χ4n) is 3.43. The Hall–Kier alpha value is -2.89. The van der Waals surface area contributed by atoms with Gasteiger partial charge >= 0.3 is 0 Å². The minimum atomic E-state index is 0.0921. The number of benzene rings is 1. The quantitative estimate of drug-likeness (QED) is 0.710. The summed E-state index contributed by atoms with van der Waals surface area (Å²) in [5.74, 6) is 1.86. The van der Waals surface area contributed by atoms with Gasteiger partial charge in [-0.15, -0.1) is 0 Å². The molecule has 0 radical (unpaired) electrons. The van der Waals surface area contributed by atoms with E-state index >= 15 is 0 Å². The SMILES string of the molecule is O=C(Cn1cccn1)N1CCC[C@H](c2ncc(Cc3ccccc3)o2)C1. The Balaban J connectivity index is 1.39. The number of carbonyl (C=O) groups is 1. The minimum absolute atomic E-state index is 0.0921. The van der Waals surface area contributed by atoms with Crippen LogP contribution >= 0.6 is 0 Å². The molecular formula is C20H22N4O2. The highest BCUT2D eigenvalue weighted by Crippen LogP contribution is 2.27. The third kappa shape index (κ3) is 3.85. The number of nitrogens with zero attached hydrogens (tertiary/aromatic N) is 4. The molecule has 0 unspecified atom stereocenters. The van der Waals surface area contributed by atoms with Gasteiger partial charge in [-0.2, -0.15) is 5.10 Å². The van der Waals surface area contributed by atoms with Gasteiger partial charge in [0.05, 0.1) is 12.1 Å². The van der Waals surface area contributed by atoms with Gasteiger partial charge in [-0.3, -0.25) is 9.48 Å². The number of likely N-dealkylation sites (tertiary alicyclic amines) is 1. The van der Waals surface area contributed by atoms with Crippen LogP contribution in [0.5, 0.6) is 0 Å². The van der Waals surface area contributed by atoms with E-state index in [2.05, 4.69) is 22.2 Å². The van der Waals surface area contributed by atoms with Crippen molar-refractivity contribution in [2.45, 2.75) is 31.7 Å². The lowest BCUT2D eigenvalue weighted by atomic mass is 9.98. The molecule has 1 fully saturated rings. The Bertz CT molecular complexity index is 842. The summed E-state index contributed by atoms with van der Waals surface area (Å²) in [5.41, 5.74) is 1.20. The Labute approximate surface area is 152 Å². The van der Waals surface area contributed by atoms with Gasteiger partial charge in [0.1, 0.15) is 12.3 Å². The van der Waals surface area contributed by atoms with Gasteiger partial charge in [0.15, 0.2) is 5.89 Å². The van der Waals surface area contributed by atoms with E-state index in [4.69, 9.17) is 4.42 Å². The predicted octanol–water partition coefficient (Wildman–Crippen LogP) is 2.87. The van der Waals surface area contributed by atoms with E-state index in [0.717, 1.165) is 37.5 Å². The molecule has 0 aliphatic carbocycles. The van der Waals surface area contributed by atoms with Crippen molar-refractivity contribution in [2.75, 3.05) is 13.1 Å². The van der Waals surface area contributed by atoms with Crippen LogP contribution in [0.4, 0.5) is 0 Å². The maximum Gasteiger partial charge on any atom is 0.244 e. The average Bonchev–Trinajstić information content (AvgIpc) is 3.35. The molecule has 1 aromatic carbocycles. The summed E-state index contributed by atoms with van der Waals surface area (Å²) in [7, 11) is 0. The first-order valence-corrected chi connectivity index (χ1v) is 9.01. The summed E-state index contributed by atoms with van der Waals surface area (Å²) in [4.78, 5) is 18.9. The lowest BCUT2D eigenvalue weighted by Crippen LogP contribution is -2.41. The van der Waals surface area contributed by atoms with Crippen LogP contribution in [-0.4, -0.2) is 38.7 Å². The molecule has 1 aliphatic heterocycles. The number of amides is 1. The number of rotatable bonds is 5.